The second-order valence-electron chi connectivity index (χ2n) is 6.55. The number of rotatable bonds is 5. The summed E-state index contributed by atoms with van der Waals surface area (Å²) in [5.74, 6) is 0.755. The summed E-state index contributed by atoms with van der Waals surface area (Å²) in [6.45, 7) is 1.83. The Morgan fingerprint density at radius 1 is 1.10 bits per heavy atom. The number of aromatic nitrogens is 2. The molecule has 0 aliphatic carbocycles. The Morgan fingerprint density at radius 3 is 2.62 bits per heavy atom. The number of ketones is 1. The maximum absolute atomic E-state index is 13.0. The second kappa shape index (κ2) is 7.59. The summed E-state index contributed by atoms with van der Waals surface area (Å²) >= 11 is 0. The average Bonchev–Trinajstić information content (AvgIpc) is 3.33. The van der Waals surface area contributed by atoms with Crippen LogP contribution in [0.3, 0.4) is 0 Å². The van der Waals surface area contributed by atoms with Crippen LogP contribution in [0.25, 0.3) is 23.2 Å². The summed E-state index contributed by atoms with van der Waals surface area (Å²) < 4.78 is 19.9. The van der Waals surface area contributed by atoms with Gasteiger partial charge in [-0.05, 0) is 55.0 Å². The molecule has 0 amide bonds. The van der Waals surface area contributed by atoms with Gasteiger partial charge in [-0.15, -0.1) is 0 Å². The molecule has 2 aromatic heterocycles. The van der Waals surface area contributed by atoms with Crippen molar-refractivity contribution in [3.63, 3.8) is 0 Å². The molecule has 0 unspecified atom stereocenters. The zero-order chi connectivity index (χ0) is 20.4. The lowest BCUT2D eigenvalue weighted by molar-refractivity contribution is 0.104. The van der Waals surface area contributed by atoms with E-state index in [4.69, 9.17) is 4.42 Å². The van der Waals surface area contributed by atoms with Gasteiger partial charge in [0.15, 0.2) is 11.5 Å². The first kappa shape index (κ1) is 18.4. The minimum absolute atomic E-state index is 0.221. The molecule has 29 heavy (non-hydrogen) atoms. The Kier molecular flexibility index (Phi) is 4.83. The van der Waals surface area contributed by atoms with E-state index in [0.717, 1.165) is 11.3 Å². The van der Waals surface area contributed by atoms with Crippen LogP contribution in [0.4, 0.5) is 4.39 Å². The van der Waals surface area contributed by atoms with Crippen molar-refractivity contribution in [1.29, 1.82) is 0 Å². The summed E-state index contributed by atoms with van der Waals surface area (Å²) in [5, 5.41) is 0. The number of furan rings is 1. The molecule has 2 heterocycles. The molecule has 0 fully saturated rings. The number of carbonyl (C=O) groups excluding carboxylic acids is 1. The minimum atomic E-state index is -0.333. The van der Waals surface area contributed by atoms with E-state index >= 15 is 0 Å². The third kappa shape index (κ3) is 4.01. The van der Waals surface area contributed by atoms with Crippen molar-refractivity contribution in [2.75, 3.05) is 0 Å². The average molecular weight is 388 g/mol. The van der Waals surface area contributed by atoms with Crippen LogP contribution in [0.2, 0.25) is 0 Å². The number of allylic oxidation sites excluding steroid dienone is 1. The van der Waals surface area contributed by atoms with Crippen LogP contribution < -0.4 is 5.69 Å². The number of halogens is 1. The number of nitrogens with one attached hydrogen (secondary N) is 1. The normalized spacial score (nSPS) is 11.2. The third-order valence-electron chi connectivity index (χ3n) is 4.43. The van der Waals surface area contributed by atoms with Crippen molar-refractivity contribution < 1.29 is 13.6 Å². The van der Waals surface area contributed by atoms with E-state index < -0.39 is 0 Å². The molecular formula is C23H17FN2O3. The van der Waals surface area contributed by atoms with E-state index in [1.54, 1.807) is 54.7 Å². The van der Waals surface area contributed by atoms with Crippen molar-refractivity contribution in [3.8, 4) is 17.1 Å². The van der Waals surface area contributed by atoms with Gasteiger partial charge < -0.3 is 9.40 Å². The largest absolute Gasteiger partial charge is 0.460 e. The van der Waals surface area contributed by atoms with Crippen molar-refractivity contribution >= 4 is 11.9 Å². The van der Waals surface area contributed by atoms with Crippen LogP contribution in [0, 0.1) is 12.7 Å². The molecule has 4 rings (SSSR count). The number of hydrogen-bond acceptors (Lipinski definition) is 3. The molecule has 0 spiro atoms. The first-order chi connectivity index (χ1) is 14.0. The van der Waals surface area contributed by atoms with E-state index in [-0.39, 0.29) is 17.3 Å². The van der Waals surface area contributed by atoms with Crippen molar-refractivity contribution in [1.82, 2.24) is 9.55 Å². The fourth-order valence-corrected chi connectivity index (χ4v) is 2.94. The number of benzene rings is 2. The molecule has 0 saturated heterocycles. The lowest BCUT2D eigenvalue weighted by Gasteiger charge is -2.03. The van der Waals surface area contributed by atoms with Crippen LogP contribution in [-0.4, -0.2) is 15.3 Å². The lowest BCUT2D eigenvalue weighted by atomic mass is 10.1. The van der Waals surface area contributed by atoms with Gasteiger partial charge in [0, 0.05) is 11.8 Å². The van der Waals surface area contributed by atoms with Gasteiger partial charge in [0.2, 0.25) is 0 Å². The Labute approximate surface area is 165 Å². The predicted octanol–water partition coefficient (Wildman–Crippen LogP) is 4.77. The van der Waals surface area contributed by atoms with Gasteiger partial charge in [-0.3, -0.25) is 9.36 Å². The number of carbonyl (C=O) groups is 1. The number of aryl methyl sites for hydroxylation is 1. The van der Waals surface area contributed by atoms with Crippen molar-refractivity contribution in [2.24, 2.45) is 0 Å². The van der Waals surface area contributed by atoms with Gasteiger partial charge in [0.25, 0.3) is 0 Å². The number of H-pyrrole nitrogens is 1. The second-order valence-corrected chi connectivity index (χ2v) is 6.55. The molecule has 0 bridgehead atoms. The van der Waals surface area contributed by atoms with Gasteiger partial charge in [-0.25, -0.2) is 9.18 Å². The maximum Gasteiger partial charge on any atom is 0.330 e. The van der Waals surface area contributed by atoms with Crippen molar-refractivity contribution in [2.45, 2.75) is 6.92 Å². The Morgan fingerprint density at radius 2 is 1.90 bits per heavy atom. The highest BCUT2D eigenvalue weighted by molar-refractivity contribution is 6.07. The fourth-order valence-electron chi connectivity index (χ4n) is 2.94. The van der Waals surface area contributed by atoms with Gasteiger partial charge in [-0.1, -0.05) is 30.3 Å². The highest BCUT2D eigenvalue weighted by Gasteiger charge is 2.11. The molecular weight excluding hydrogens is 371 g/mol. The topological polar surface area (TPSA) is 68.0 Å². The Hall–Kier alpha value is -3.93. The molecule has 1 N–H and O–H groups in total. The number of aromatic amines is 1. The highest BCUT2D eigenvalue weighted by atomic mass is 19.1. The van der Waals surface area contributed by atoms with Gasteiger partial charge in [-0.2, -0.15) is 0 Å². The van der Waals surface area contributed by atoms with Crippen LogP contribution >= 0.6 is 0 Å². The summed E-state index contributed by atoms with van der Waals surface area (Å²) in [5.41, 5.74) is 1.93. The zero-order valence-corrected chi connectivity index (χ0v) is 15.6. The molecule has 5 nitrogen and oxygen atoms in total. The number of hydrogen-bond donors (Lipinski definition) is 1. The molecule has 6 heteroatoms. The van der Waals surface area contributed by atoms with Crippen LogP contribution in [0.1, 0.15) is 21.7 Å². The molecule has 0 radical (unpaired) electrons. The van der Waals surface area contributed by atoms with Crippen LogP contribution in [0.5, 0.6) is 0 Å². The zero-order valence-electron chi connectivity index (χ0n) is 15.6. The predicted molar refractivity (Wildman–Crippen MR) is 109 cm³/mol. The van der Waals surface area contributed by atoms with E-state index in [1.165, 1.54) is 22.8 Å². The molecule has 144 valence electrons. The van der Waals surface area contributed by atoms with Crippen molar-refractivity contribution in [3.05, 3.63) is 106 Å². The van der Waals surface area contributed by atoms with Gasteiger partial charge >= 0.3 is 5.69 Å². The molecule has 0 aliphatic rings. The molecule has 0 atom stereocenters. The van der Waals surface area contributed by atoms with Gasteiger partial charge in [0.1, 0.15) is 17.3 Å². The molecule has 2 aromatic carbocycles. The molecule has 0 saturated carbocycles. The monoisotopic (exact) mass is 388 g/mol. The SMILES string of the molecule is Cc1ccc(-c2cn(-c3cccc(C(=O)C=Cc4ccc(F)cc4)c3)c(=O)[nH]2)o1. The maximum atomic E-state index is 13.0. The standard InChI is InChI=1S/C23H17FN2O3/c1-15-5-12-22(29-15)20-14-26(23(28)25-20)19-4-2-3-17(13-19)21(27)11-8-16-6-9-18(24)10-7-16/h2-14H,1H3,(H,25,28). The van der Waals surface area contributed by atoms with E-state index in [0.29, 0.717) is 22.7 Å². The first-order valence-electron chi connectivity index (χ1n) is 8.96. The van der Waals surface area contributed by atoms with E-state index in [1.807, 2.05) is 13.0 Å². The minimum Gasteiger partial charge on any atom is -0.460 e. The Bertz CT molecular complexity index is 1260. The quantitative estimate of drug-likeness (QED) is 0.396. The summed E-state index contributed by atoms with van der Waals surface area (Å²) in [4.78, 5) is 27.6. The van der Waals surface area contributed by atoms with Gasteiger partial charge in [0.05, 0.1) is 5.69 Å². The summed E-state index contributed by atoms with van der Waals surface area (Å²) in [6.07, 6.45) is 4.68. The summed E-state index contributed by atoms with van der Waals surface area (Å²) in [7, 11) is 0. The number of imidazole rings is 1. The van der Waals surface area contributed by atoms with Crippen LogP contribution in [-0.2, 0) is 0 Å². The Balaban J connectivity index is 1.60. The fraction of sp³-hybridized carbons (Fsp3) is 0.0435. The molecule has 4 aromatic rings. The smallest absolute Gasteiger partial charge is 0.330 e. The third-order valence-corrected chi connectivity index (χ3v) is 4.43. The van der Waals surface area contributed by atoms with E-state index in [9.17, 15) is 14.0 Å². The summed E-state index contributed by atoms with van der Waals surface area (Å²) in [6, 6.07) is 16.2. The van der Waals surface area contributed by atoms with Crippen LogP contribution in [0.15, 0.2) is 82.1 Å². The lowest BCUT2D eigenvalue weighted by Crippen LogP contribution is -2.14. The van der Waals surface area contributed by atoms with E-state index in [2.05, 4.69) is 4.98 Å². The number of nitrogens with zero attached hydrogens (tertiary/aromatic N) is 1. The highest BCUT2D eigenvalue weighted by Crippen LogP contribution is 2.20. The molecule has 0 aliphatic heterocycles. The first-order valence-corrected chi connectivity index (χ1v) is 8.96.